The van der Waals surface area contributed by atoms with Crippen LogP contribution in [0.4, 0.5) is 0 Å². The van der Waals surface area contributed by atoms with Gasteiger partial charge in [-0.25, -0.2) is 0 Å². The Morgan fingerprint density at radius 3 is 2.12 bits per heavy atom. The van der Waals surface area contributed by atoms with Gasteiger partial charge in [0.15, 0.2) is 0 Å². The first-order chi connectivity index (χ1) is 7.25. The minimum Gasteiger partial charge on any atom is -0.372 e. The molecule has 0 aliphatic carbocycles. The van der Waals surface area contributed by atoms with Crippen LogP contribution in [0.25, 0.3) is 0 Å². The third-order valence-corrected chi connectivity index (χ3v) is 3.89. The van der Waals surface area contributed by atoms with Crippen LogP contribution in [0.5, 0.6) is 0 Å². The standard InChI is InChI=1S/C13H26N2O/c1-10-13(16-7-6-14-10)8-11(2,3)15-12(4,5)9-13/h10,14-15H,6-9H2,1-5H3. The fourth-order valence-electron chi connectivity index (χ4n) is 3.81. The zero-order chi connectivity index (χ0) is 12.0. The molecule has 3 nitrogen and oxygen atoms in total. The van der Waals surface area contributed by atoms with Crippen LogP contribution in [-0.4, -0.2) is 35.9 Å². The Hall–Kier alpha value is -0.120. The maximum Gasteiger partial charge on any atom is 0.0867 e. The number of hydrogen-bond donors (Lipinski definition) is 2. The molecule has 1 unspecified atom stereocenters. The predicted octanol–water partition coefficient (Wildman–Crippen LogP) is 1.67. The lowest BCUT2D eigenvalue weighted by atomic mass is 9.69. The van der Waals surface area contributed by atoms with Gasteiger partial charge in [0, 0.05) is 23.7 Å². The van der Waals surface area contributed by atoms with Gasteiger partial charge in [-0.3, -0.25) is 0 Å². The predicted molar refractivity (Wildman–Crippen MR) is 66.7 cm³/mol. The maximum atomic E-state index is 6.19. The molecule has 1 atom stereocenters. The maximum absolute atomic E-state index is 6.19. The first-order valence-corrected chi connectivity index (χ1v) is 6.42. The molecule has 2 aliphatic rings. The van der Waals surface area contributed by atoms with E-state index >= 15 is 0 Å². The quantitative estimate of drug-likeness (QED) is 0.659. The first kappa shape index (κ1) is 12.3. The van der Waals surface area contributed by atoms with Gasteiger partial charge in [0.05, 0.1) is 12.2 Å². The van der Waals surface area contributed by atoms with Crippen molar-refractivity contribution >= 4 is 0 Å². The summed E-state index contributed by atoms with van der Waals surface area (Å²) in [4.78, 5) is 0. The van der Waals surface area contributed by atoms with E-state index in [1.165, 1.54) is 0 Å². The van der Waals surface area contributed by atoms with Crippen molar-refractivity contribution in [2.45, 2.75) is 70.2 Å². The van der Waals surface area contributed by atoms with Crippen molar-refractivity contribution in [1.82, 2.24) is 10.6 Å². The summed E-state index contributed by atoms with van der Waals surface area (Å²) < 4.78 is 6.19. The summed E-state index contributed by atoms with van der Waals surface area (Å²) in [6.45, 7) is 13.2. The number of nitrogens with one attached hydrogen (secondary N) is 2. The Morgan fingerprint density at radius 1 is 1.06 bits per heavy atom. The van der Waals surface area contributed by atoms with Crippen molar-refractivity contribution < 1.29 is 4.74 Å². The van der Waals surface area contributed by atoms with Gasteiger partial charge in [0.1, 0.15) is 0 Å². The van der Waals surface area contributed by atoms with Gasteiger partial charge in [-0.05, 0) is 47.5 Å². The average molecular weight is 226 g/mol. The second-order valence-electron chi connectivity index (χ2n) is 6.84. The zero-order valence-corrected chi connectivity index (χ0v) is 11.3. The lowest BCUT2D eigenvalue weighted by Gasteiger charge is -2.56. The highest BCUT2D eigenvalue weighted by Gasteiger charge is 2.51. The van der Waals surface area contributed by atoms with E-state index in [-0.39, 0.29) is 16.7 Å². The minimum absolute atomic E-state index is 0.0104. The SMILES string of the molecule is CC1NCCOC12CC(C)(C)NC(C)(C)C2. The molecule has 0 aromatic rings. The molecule has 2 aliphatic heterocycles. The molecule has 94 valence electrons. The molecule has 16 heavy (non-hydrogen) atoms. The highest BCUT2D eigenvalue weighted by atomic mass is 16.5. The normalized spacial score (nSPS) is 36.2. The zero-order valence-electron chi connectivity index (χ0n) is 11.3. The topological polar surface area (TPSA) is 33.3 Å². The van der Waals surface area contributed by atoms with E-state index in [2.05, 4.69) is 45.3 Å². The molecule has 0 saturated carbocycles. The van der Waals surface area contributed by atoms with Crippen LogP contribution in [-0.2, 0) is 4.74 Å². The highest BCUT2D eigenvalue weighted by molar-refractivity contribution is 5.09. The third-order valence-electron chi connectivity index (χ3n) is 3.89. The Morgan fingerprint density at radius 2 is 1.62 bits per heavy atom. The lowest BCUT2D eigenvalue weighted by Crippen LogP contribution is -2.70. The van der Waals surface area contributed by atoms with Crippen LogP contribution < -0.4 is 10.6 Å². The fourth-order valence-corrected chi connectivity index (χ4v) is 3.81. The molecule has 0 aromatic heterocycles. The van der Waals surface area contributed by atoms with E-state index in [1.54, 1.807) is 0 Å². The van der Waals surface area contributed by atoms with Crippen molar-refractivity contribution in [3.05, 3.63) is 0 Å². The minimum atomic E-state index is 0.0104. The molecule has 2 saturated heterocycles. The van der Waals surface area contributed by atoms with Gasteiger partial charge in [-0.1, -0.05) is 0 Å². The van der Waals surface area contributed by atoms with Gasteiger partial charge in [-0.2, -0.15) is 0 Å². The van der Waals surface area contributed by atoms with Crippen LogP contribution in [0.1, 0.15) is 47.5 Å². The fraction of sp³-hybridized carbons (Fsp3) is 1.00. The molecule has 2 heterocycles. The lowest BCUT2D eigenvalue weighted by molar-refractivity contribution is -0.145. The van der Waals surface area contributed by atoms with Gasteiger partial charge in [0.25, 0.3) is 0 Å². The average Bonchev–Trinajstić information content (AvgIpc) is 2.04. The molecule has 1 spiro atoms. The molecular formula is C13H26N2O. The van der Waals surface area contributed by atoms with E-state index in [1.807, 2.05) is 0 Å². The van der Waals surface area contributed by atoms with Crippen molar-refractivity contribution in [3.8, 4) is 0 Å². The molecule has 2 rings (SSSR count). The summed E-state index contributed by atoms with van der Waals surface area (Å²) in [5, 5.41) is 7.28. The summed E-state index contributed by atoms with van der Waals surface area (Å²) in [7, 11) is 0. The Labute approximate surface area is 99.3 Å². The van der Waals surface area contributed by atoms with E-state index in [4.69, 9.17) is 4.74 Å². The van der Waals surface area contributed by atoms with Gasteiger partial charge in [-0.15, -0.1) is 0 Å². The number of ether oxygens (including phenoxy) is 1. The largest absolute Gasteiger partial charge is 0.372 e. The van der Waals surface area contributed by atoms with Gasteiger partial charge < -0.3 is 15.4 Å². The summed E-state index contributed by atoms with van der Waals surface area (Å²) in [6.07, 6.45) is 2.16. The summed E-state index contributed by atoms with van der Waals surface area (Å²) >= 11 is 0. The van der Waals surface area contributed by atoms with Crippen LogP contribution in [0.15, 0.2) is 0 Å². The number of rotatable bonds is 0. The molecule has 0 amide bonds. The van der Waals surface area contributed by atoms with E-state index in [0.29, 0.717) is 6.04 Å². The number of morpholine rings is 1. The smallest absolute Gasteiger partial charge is 0.0867 e. The highest BCUT2D eigenvalue weighted by Crippen LogP contribution is 2.41. The first-order valence-electron chi connectivity index (χ1n) is 6.42. The van der Waals surface area contributed by atoms with Gasteiger partial charge in [0.2, 0.25) is 0 Å². The van der Waals surface area contributed by atoms with Crippen LogP contribution in [0, 0.1) is 0 Å². The summed E-state index contributed by atoms with van der Waals surface area (Å²) in [6, 6.07) is 0.446. The van der Waals surface area contributed by atoms with Gasteiger partial charge >= 0.3 is 0 Å². The Bertz CT molecular complexity index is 257. The molecule has 2 N–H and O–H groups in total. The monoisotopic (exact) mass is 226 g/mol. The molecular weight excluding hydrogens is 200 g/mol. The van der Waals surface area contributed by atoms with Crippen LogP contribution in [0.3, 0.4) is 0 Å². The van der Waals surface area contributed by atoms with E-state index in [9.17, 15) is 0 Å². The molecule has 2 fully saturated rings. The van der Waals surface area contributed by atoms with Crippen LogP contribution >= 0.6 is 0 Å². The van der Waals surface area contributed by atoms with Crippen molar-refractivity contribution in [2.75, 3.05) is 13.2 Å². The van der Waals surface area contributed by atoms with E-state index in [0.717, 1.165) is 26.0 Å². The summed E-state index contributed by atoms with van der Waals surface area (Å²) in [5.41, 5.74) is 0.306. The third kappa shape index (κ3) is 2.27. The van der Waals surface area contributed by atoms with Crippen molar-refractivity contribution in [1.29, 1.82) is 0 Å². The second kappa shape index (κ2) is 3.69. The molecule has 0 radical (unpaired) electrons. The number of hydrogen-bond acceptors (Lipinski definition) is 3. The Balaban J connectivity index is 2.26. The van der Waals surface area contributed by atoms with Crippen molar-refractivity contribution in [2.24, 2.45) is 0 Å². The number of piperidine rings is 1. The molecule has 0 bridgehead atoms. The molecule has 3 heteroatoms. The summed E-state index contributed by atoms with van der Waals surface area (Å²) in [5.74, 6) is 0. The molecule has 0 aromatic carbocycles. The van der Waals surface area contributed by atoms with Crippen LogP contribution in [0.2, 0.25) is 0 Å². The van der Waals surface area contributed by atoms with Crippen molar-refractivity contribution in [3.63, 3.8) is 0 Å². The van der Waals surface area contributed by atoms with E-state index < -0.39 is 0 Å². The second-order valence-corrected chi connectivity index (χ2v) is 6.84. The Kier molecular flexibility index (Phi) is 2.84.